The van der Waals surface area contributed by atoms with Gasteiger partial charge in [0, 0.05) is 12.1 Å². The third-order valence-electron chi connectivity index (χ3n) is 6.60. The first-order valence-corrected chi connectivity index (χ1v) is 13.1. The molecule has 0 spiro atoms. The van der Waals surface area contributed by atoms with E-state index in [1.165, 1.54) is 6.42 Å². The molecule has 0 aromatic heterocycles. The summed E-state index contributed by atoms with van der Waals surface area (Å²) in [5.74, 6) is 1.14. The third kappa shape index (κ3) is 7.55. The molecular formula is C30H37N2O5+. The molecule has 37 heavy (non-hydrogen) atoms. The largest absolute Gasteiger partial charge is 0.491 e. The minimum atomic E-state index is -0.676. The summed E-state index contributed by atoms with van der Waals surface area (Å²) >= 11 is 0. The first kappa shape index (κ1) is 26.7. The van der Waals surface area contributed by atoms with Crippen molar-refractivity contribution in [2.45, 2.75) is 38.9 Å². The van der Waals surface area contributed by atoms with Crippen molar-refractivity contribution in [2.24, 2.45) is 0 Å². The van der Waals surface area contributed by atoms with E-state index in [4.69, 9.17) is 14.2 Å². The van der Waals surface area contributed by atoms with Crippen LogP contribution in [0.3, 0.4) is 0 Å². The van der Waals surface area contributed by atoms with Gasteiger partial charge in [0.15, 0.2) is 5.69 Å². The van der Waals surface area contributed by atoms with Gasteiger partial charge in [-0.3, -0.25) is 0 Å². The second-order valence-electron chi connectivity index (χ2n) is 9.32. The number of nitrogens with zero attached hydrogens (tertiary/aromatic N) is 1. The van der Waals surface area contributed by atoms with Crippen LogP contribution in [0, 0.1) is 0 Å². The van der Waals surface area contributed by atoms with E-state index in [2.05, 4.69) is 5.43 Å². The Morgan fingerprint density at radius 3 is 2.19 bits per heavy atom. The Morgan fingerprint density at radius 1 is 0.892 bits per heavy atom. The van der Waals surface area contributed by atoms with E-state index >= 15 is 0 Å². The Hall–Kier alpha value is -3.39. The molecule has 196 valence electrons. The second-order valence-corrected chi connectivity index (χ2v) is 9.32. The highest BCUT2D eigenvalue weighted by Crippen LogP contribution is 2.27. The number of hydrogen-bond acceptors (Lipinski definition) is 6. The minimum Gasteiger partial charge on any atom is -0.491 e. The first-order chi connectivity index (χ1) is 18.1. The Balaban J connectivity index is 1.28. The normalized spacial score (nSPS) is 15.5. The lowest BCUT2D eigenvalue weighted by molar-refractivity contribution is 0.0526. The van der Waals surface area contributed by atoms with Crippen LogP contribution in [0.4, 0.5) is 5.69 Å². The number of hydrogen-bond donors (Lipinski definition) is 2. The molecule has 1 heterocycles. The van der Waals surface area contributed by atoms with Gasteiger partial charge in [-0.15, -0.1) is 0 Å². The number of piperidine rings is 1. The molecule has 1 aliphatic heterocycles. The van der Waals surface area contributed by atoms with Crippen LogP contribution in [0.15, 0.2) is 78.9 Å². The van der Waals surface area contributed by atoms with Gasteiger partial charge in [0.2, 0.25) is 0 Å². The van der Waals surface area contributed by atoms with Gasteiger partial charge in [-0.25, -0.2) is 9.39 Å². The molecule has 0 amide bonds. The zero-order valence-corrected chi connectivity index (χ0v) is 21.5. The van der Waals surface area contributed by atoms with Gasteiger partial charge >= 0.3 is 5.97 Å². The highest BCUT2D eigenvalue weighted by Gasteiger charge is 2.33. The number of aliphatic hydroxyl groups excluding tert-OH is 1. The van der Waals surface area contributed by atoms with Gasteiger partial charge in [0.25, 0.3) is 0 Å². The van der Waals surface area contributed by atoms with Crippen molar-refractivity contribution in [1.82, 2.24) is 10.0 Å². The lowest BCUT2D eigenvalue weighted by Crippen LogP contribution is -2.63. The number of nitrogens with one attached hydrogen (secondary N) is 1. The third-order valence-corrected chi connectivity index (χ3v) is 6.60. The Bertz CT molecular complexity index is 1100. The summed E-state index contributed by atoms with van der Waals surface area (Å²) in [6.45, 7) is 5.09. The molecule has 1 atom stereocenters. The molecule has 1 fully saturated rings. The van der Waals surface area contributed by atoms with Crippen LogP contribution in [0.2, 0.25) is 0 Å². The van der Waals surface area contributed by atoms with Crippen molar-refractivity contribution < 1.29 is 24.1 Å². The summed E-state index contributed by atoms with van der Waals surface area (Å²) in [7, 11) is 0. The molecule has 0 radical (unpaired) electrons. The van der Waals surface area contributed by atoms with E-state index in [9.17, 15) is 9.90 Å². The van der Waals surface area contributed by atoms with Crippen LogP contribution < -0.4 is 19.5 Å². The van der Waals surface area contributed by atoms with Crippen LogP contribution in [-0.4, -0.2) is 50.0 Å². The summed E-state index contributed by atoms with van der Waals surface area (Å²) in [6.07, 6.45) is 2.71. The van der Waals surface area contributed by atoms with Crippen molar-refractivity contribution >= 4 is 11.7 Å². The maximum absolute atomic E-state index is 12.0. The van der Waals surface area contributed by atoms with E-state index < -0.39 is 6.10 Å². The number of quaternary nitrogens is 1. The monoisotopic (exact) mass is 505 g/mol. The van der Waals surface area contributed by atoms with Crippen molar-refractivity contribution in [3.63, 3.8) is 0 Å². The van der Waals surface area contributed by atoms with Crippen LogP contribution >= 0.6 is 0 Å². The van der Waals surface area contributed by atoms with E-state index in [1.54, 1.807) is 6.92 Å². The van der Waals surface area contributed by atoms with Gasteiger partial charge in [0.05, 0.1) is 18.7 Å². The molecule has 1 saturated heterocycles. The van der Waals surface area contributed by atoms with Gasteiger partial charge in [-0.1, -0.05) is 30.3 Å². The number of rotatable bonds is 12. The first-order valence-electron chi connectivity index (χ1n) is 13.1. The quantitative estimate of drug-likeness (QED) is 0.270. The zero-order valence-electron chi connectivity index (χ0n) is 21.5. The highest BCUT2D eigenvalue weighted by molar-refractivity contribution is 5.89. The molecular weight excluding hydrogens is 468 g/mol. The average Bonchev–Trinajstić information content (AvgIpc) is 2.96. The van der Waals surface area contributed by atoms with Crippen molar-refractivity contribution in [3.05, 3.63) is 90.0 Å². The molecule has 4 rings (SSSR count). The number of esters is 1. The average molecular weight is 506 g/mol. The lowest BCUT2D eigenvalue weighted by Gasteiger charge is -2.40. The second kappa shape index (κ2) is 13.2. The van der Waals surface area contributed by atoms with Gasteiger partial charge in [-0.05, 0) is 68.1 Å². The van der Waals surface area contributed by atoms with E-state index in [-0.39, 0.29) is 12.6 Å². The van der Waals surface area contributed by atoms with Crippen LogP contribution in [0.25, 0.3) is 0 Å². The predicted octanol–water partition coefficient (Wildman–Crippen LogP) is 4.88. The maximum Gasteiger partial charge on any atom is 0.338 e. The lowest BCUT2D eigenvalue weighted by atomic mass is 10.1. The van der Waals surface area contributed by atoms with Crippen molar-refractivity contribution in [1.29, 1.82) is 0 Å². The van der Waals surface area contributed by atoms with Crippen molar-refractivity contribution in [2.75, 3.05) is 32.8 Å². The molecule has 7 nitrogen and oxygen atoms in total. The molecule has 0 saturated carbocycles. The highest BCUT2D eigenvalue weighted by atomic mass is 16.5. The summed E-state index contributed by atoms with van der Waals surface area (Å²) in [6, 6.07) is 25.1. The standard InChI is InChI=1S/C30H37N2O5/c1-2-35-30(34)25-11-13-26(14-12-25)32(19-7-4-8-20-32)31-21-27(33)23-37-29-17-15-28(16-18-29)36-22-24-9-5-3-6-10-24/h3,5-6,9-18,27,31,33H,2,4,7-8,19-23H2,1H3/q+1. The summed E-state index contributed by atoms with van der Waals surface area (Å²) in [4.78, 5) is 12.0. The SMILES string of the molecule is CCOC(=O)c1ccc([N+]2(NCC(O)COc3ccc(OCc4ccccc4)cc3)CCCCC2)cc1. The fourth-order valence-electron chi connectivity index (χ4n) is 4.56. The molecule has 3 aromatic carbocycles. The van der Waals surface area contributed by atoms with Crippen LogP contribution in [0.1, 0.15) is 42.1 Å². The fourth-order valence-corrected chi connectivity index (χ4v) is 4.56. The van der Waals surface area contributed by atoms with Gasteiger partial charge in [0.1, 0.15) is 43.9 Å². The molecule has 1 unspecified atom stereocenters. The number of ether oxygens (including phenoxy) is 3. The van der Waals surface area contributed by atoms with Gasteiger partial charge < -0.3 is 19.3 Å². The minimum absolute atomic E-state index is 0.180. The molecule has 0 aliphatic carbocycles. The van der Waals surface area contributed by atoms with E-state index in [0.717, 1.165) is 42.9 Å². The molecule has 0 bridgehead atoms. The van der Waals surface area contributed by atoms with Crippen LogP contribution in [0.5, 0.6) is 11.5 Å². The maximum atomic E-state index is 12.0. The van der Waals surface area contributed by atoms with Gasteiger partial charge in [-0.2, -0.15) is 5.43 Å². The number of carbonyl (C=O) groups is 1. The number of aliphatic hydroxyl groups is 1. The van der Waals surface area contributed by atoms with E-state index in [1.807, 2.05) is 78.9 Å². The number of carbonyl (C=O) groups excluding carboxylic acids is 1. The van der Waals surface area contributed by atoms with Crippen LogP contribution in [-0.2, 0) is 11.3 Å². The Kier molecular flexibility index (Phi) is 9.54. The zero-order chi connectivity index (χ0) is 25.9. The summed E-state index contributed by atoms with van der Waals surface area (Å²) in [5, 5.41) is 10.7. The Labute approximate surface area is 219 Å². The summed E-state index contributed by atoms with van der Waals surface area (Å²) < 4.78 is 17.3. The molecule has 2 N–H and O–H groups in total. The van der Waals surface area contributed by atoms with Crippen molar-refractivity contribution in [3.8, 4) is 11.5 Å². The number of benzene rings is 3. The summed E-state index contributed by atoms with van der Waals surface area (Å²) in [5.41, 5.74) is 6.31. The molecule has 1 aliphatic rings. The smallest absolute Gasteiger partial charge is 0.338 e. The Morgan fingerprint density at radius 2 is 1.54 bits per heavy atom. The topological polar surface area (TPSA) is 77.0 Å². The predicted molar refractivity (Wildman–Crippen MR) is 144 cm³/mol. The molecule has 3 aromatic rings. The van der Waals surface area contributed by atoms with E-state index in [0.29, 0.717) is 35.7 Å². The fraction of sp³-hybridized carbons (Fsp3) is 0.367. The molecule has 7 heteroatoms.